The molecule has 1 rings (SSSR count). The van der Waals surface area contributed by atoms with Gasteiger partial charge in [-0.15, -0.1) is 11.3 Å². The first-order valence-corrected chi connectivity index (χ1v) is 5.79. The van der Waals surface area contributed by atoms with Crippen molar-refractivity contribution in [2.45, 2.75) is 6.92 Å². The van der Waals surface area contributed by atoms with Crippen LogP contribution >= 0.6 is 11.3 Å². The number of amides is 1. The normalized spacial score (nSPS) is 11.1. The number of oxime groups is 1. The Labute approximate surface area is 107 Å². The number of primary amides is 1. The Balaban J connectivity index is 2.87. The molecule has 0 aliphatic carbocycles. The van der Waals surface area contributed by atoms with Gasteiger partial charge in [0.15, 0.2) is 11.7 Å². The third-order valence-corrected chi connectivity index (χ3v) is 2.27. The minimum atomic E-state index is -0.715. The van der Waals surface area contributed by atoms with Crippen LogP contribution in [0.5, 0.6) is 0 Å². The molecule has 98 valence electrons. The molecule has 1 aromatic rings. The highest BCUT2D eigenvalue weighted by molar-refractivity contribution is 7.13. The highest BCUT2D eigenvalue weighted by Gasteiger charge is 2.19. The first kappa shape index (κ1) is 13.9. The van der Waals surface area contributed by atoms with Crippen molar-refractivity contribution < 1.29 is 19.2 Å². The number of rotatable bonds is 6. The van der Waals surface area contributed by atoms with Gasteiger partial charge >= 0.3 is 5.97 Å². The van der Waals surface area contributed by atoms with Crippen LogP contribution in [0.25, 0.3) is 0 Å². The van der Waals surface area contributed by atoms with Crippen LogP contribution in [0.4, 0.5) is 5.13 Å². The number of anilines is 1. The van der Waals surface area contributed by atoms with Gasteiger partial charge in [-0.1, -0.05) is 5.16 Å². The summed E-state index contributed by atoms with van der Waals surface area (Å²) in [5.41, 5.74) is 10.4. The van der Waals surface area contributed by atoms with Gasteiger partial charge in [0.2, 0.25) is 5.71 Å². The zero-order valence-corrected chi connectivity index (χ0v) is 10.4. The van der Waals surface area contributed by atoms with E-state index in [0.29, 0.717) is 0 Å². The molecule has 0 spiro atoms. The second-order valence-corrected chi connectivity index (χ2v) is 3.86. The molecule has 0 unspecified atom stereocenters. The second-order valence-electron chi connectivity index (χ2n) is 2.97. The Kier molecular flexibility index (Phi) is 5.06. The van der Waals surface area contributed by atoms with Crippen molar-refractivity contribution in [2.75, 3.05) is 18.9 Å². The molecular formula is C9H12N4O4S. The lowest BCUT2D eigenvalue weighted by Gasteiger charge is -2.03. The highest BCUT2D eigenvalue weighted by atomic mass is 32.1. The third kappa shape index (κ3) is 4.01. The fourth-order valence-corrected chi connectivity index (χ4v) is 1.49. The van der Waals surface area contributed by atoms with E-state index in [0.717, 1.165) is 11.3 Å². The van der Waals surface area contributed by atoms with Crippen LogP contribution in [0, 0.1) is 0 Å². The van der Waals surface area contributed by atoms with Crippen molar-refractivity contribution in [3.63, 3.8) is 0 Å². The topological polar surface area (TPSA) is 130 Å². The number of nitrogens with zero attached hydrogens (tertiary/aromatic N) is 2. The van der Waals surface area contributed by atoms with Gasteiger partial charge in [-0.05, 0) is 6.92 Å². The largest absolute Gasteiger partial charge is 0.461 e. The van der Waals surface area contributed by atoms with Crippen molar-refractivity contribution >= 4 is 34.1 Å². The number of nitrogens with two attached hydrogens (primary N) is 2. The molecule has 0 saturated carbocycles. The third-order valence-electron chi connectivity index (χ3n) is 1.60. The first-order valence-electron chi connectivity index (χ1n) is 4.91. The number of thiazole rings is 1. The lowest BCUT2D eigenvalue weighted by Crippen LogP contribution is -2.22. The fourth-order valence-electron chi connectivity index (χ4n) is 0.945. The molecule has 18 heavy (non-hydrogen) atoms. The van der Waals surface area contributed by atoms with Gasteiger partial charge in [-0.25, -0.2) is 9.78 Å². The molecule has 8 nitrogen and oxygen atoms in total. The summed E-state index contributed by atoms with van der Waals surface area (Å²) in [5.74, 6) is -1.42. The minimum absolute atomic E-state index is 0.161. The maximum absolute atomic E-state index is 11.6. The molecule has 1 heterocycles. The molecular weight excluding hydrogens is 260 g/mol. The van der Waals surface area contributed by atoms with E-state index < -0.39 is 18.5 Å². The molecule has 0 radical (unpaired) electrons. The molecule has 0 aliphatic heterocycles. The van der Waals surface area contributed by atoms with Gasteiger partial charge in [0.1, 0.15) is 5.69 Å². The minimum Gasteiger partial charge on any atom is -0.461 e. The number of hydrogen-bond acceptors (Lipinski definition) is 8. The Morgan fingerprint density at radius 2 is 2.28 bits per heavy atom. The standard InChI is InChI=1S/C9H12N4O4S/c1-2-16-8(15)7(13-17-3-6(10)14)5-4-18-9(11)12-5/h4H,2-3H2,1H3,(H2,10,14)(H2,11,12). The van der Waals surface area contributed by atoms with E-state index in [1.165, 1.54) is 5.38 Å². The lowest BCUT2D eigenvalue weighted by atomic mass is 10.3. The van der Waals surface area contributed by atoms with Crippen LogP contribution in [-0.2, 0) is 19.2 Å². The predicted molar refractivity (Wildman–Crippen MR) is 64.8 cm³/mol. The predicted octanol–water partition coefficient (Wildman–Crippen LogP) is -0.506. The summed E-state index contributed by atoms with van der Waals surface area (Å²) in [5, 5.41) is 5.30. The molecule has 9 heteroatoms. The van der Waals surface area contributed by atoms with E-state index in [2.05, 4.69) is 15.0 Å². The Hall–Kier alpha value is -2.16. The van der Waals surface area contributed by atoms with Gasteiger partial charge in [0, 0.05) is 5.38 Å². The number of esters is 1. The van der Waals surface area contributed by atoms with Crippen molar-refractivity contribution in [3.05, 3.63) is 11.1 Å². The van der Waals surface area contributed by atoms with E-state index in [4.69, 9.17) is 16.2 Å². The van der Waals surface area contributed by atoms with Crippen LogP contribution in [0.1, 0.15) is 12.6 Å². The Morgan fingerprint density at radius 1 is 1.56 bits per heavy atom. The molecule has 0 aromatic carbocycles. The van der Waals surface area contributed by atoms with Crippen LogP contribution in [0.3, 0.4) is 0 Å². The van der Waals surface area contributed by atoms with E-state index in [1.54, 1.807) is 6.92 Å². The van der Waals surface area contributed by atoms with Gasteiger partial charge in [-0.2, -0.15) is 0 Å². The zero-order chi connectivity index (χ0) is 13.5. The van der Waals surface area contributed by atoms with E-state index >= 15 is 0 Å². The number of aromatic nitrogens is 1. The van der Waals surface area contributed by atoms with Crippen molar-refractivity contribution in [2.24, 2.45) is 10.9 Å². The Bertz CT molecular complexity index is 471. The average molecular weight is 272 g/mol. The van der Waals surface area contributed by atoms with Gasteiger partial charge in [-0.3, -0.25) is 4.79 Å². The molecule has 0 fully saturated rings. The number of carbonyl (C=O) groups excluding carboxylic acids is 2. The molecule has 0 aliphatic rings. The second kappa shape index (κ2) is 6.55. The summed E-state index contributed by atoms with van der Waals surface area (Å²) in [6.07, 6.45) is 0. The number of ether oxygens (including phenoxy) is 1. The van der Waals surface area contributed by atoms with E-state index in [9.17, 15) is 9.59 Å². The summed E-state index contributed by atoms with van der Waals surface area (Å²) < 4.78 is 4.78. The average Bonchev–Trinajstić information content (AvgIpc) is 2.71. The van der Waals surface area contributed by atoms with Crippen LogP contribution < -0.4 is 11.5 Å². The van der Waals surface area contributed by atoms with Gasteiger partial charge in [0.05, 0.1) is 6.61 Å². The summed E-state index contributed by atoms with van der Waals surface area (Å²) >= 11 is 1.14. The number of carbonyl (C=O) groups is 2. The SMILES string of the molecule is CCOC(=O)C(=NOCC(N)=O)c1csc(N)n1. The maximum atomic E-state index is 11.6. The number of nitrogen functional groups attached to an aromatic ring is 1. The van der Waals surface area contributed by atoms with E-state index in [-0.39, 0.29) is 23.1 Å². The summed E-state index contributed by atoms with van der Waals surface area (Å²) in [7, 11) is 0. The smallest absolute Gasteiger partial charge is 0.362 e. The first-order chi connectivity index (χ1) is 8.54. The molecule has 0 saturated heterocycles. The van der Waals surface area contributed by atoms with Gasteiger partial charge in [0.25, 0.3) is 5.91 Å². The van der Waals surface area contributed by atoms with Crippen molar-refractivity contribution in [1.29, 1.82) is 0 Å². The van der Waals surface area contributed by atoms with Gasteiger partial charge < -0.3 is 21.0 Å². The molecule has 1 aromatic heterocycles. The quantitative estimate of drug-likeness (QED) is 0.407. The maximum Gasteiger partial charge on any atom is 0.362 e. The Morgan fingerprint density at radius 3 is 2.78 bits per heavy atom. The fraction of sp³-hybridized carbons (Fsp3) is 0.333. The van der Waals surface area contributed by atoms with Crippen LogP contribution in [0.2, 0.25) is 0 Å². The monoisotopic (exact) mass is 272 g/mol. The molecule has 0 atom stereocenters. The van der Waals surface area contributed by atoms with E-state index in [1.807, 2.05) is 0 Å². The van der Waals surface area contributed by atoms with Crippen LogP contribution in [0.15, 0.2) is 10.5 Å². The highest BCUT2D eigenvalue weighted by Crippen LogP contribution is 2.13. The summed E-state index contributed by atoms with van der Waals surface area (Å²) in [6.45, 7) is 1.38. The lowest BCUT2D eigenvalue weighted by molar-refractivity contribution is -0.135. The summed E-state index contributed by atoms with van der Waals surface area (Å²) in [4.78, 5) is 30.6. The van der Waals surface area contributed by atoms with Crippen molar-refractivity contribution in [1.82, 2.24) is 4.98 Å². The molecule has 4 N–H and O–H groups in total. The van der Waals surface area contributed by atoms with Crippen molar-refractivity contribution in [3.8, 4) is 0 Å². The molecule has 0 bridgehead atoms. The molecule has 1 amide bonds. The summed E-state index contributed by atoms with van der Waals surface area (Å²) in [6, 6.07) is 0. The van der Waals surface area contributed by atoms with Crippen LogP contribution in [-0.4, -0.2) is 35.8 Å². The number of hydrogen-bond donors (Lipinski definition) is 2. The zero-order valence-electron chi connectivity index (χ0n) is 9.58.